The molecule has 2 N–H and O–H groups in total. The molecule has 0 saturated carbocycles. The Kier molecular flexibility index (Phi) is 24.5. The molecule has 0 fully saturated rings. The van der Waals surface area contributed by atoms with E-state index in [0.717, 1.165) is 13.8 Å². The lowest BCUT2D eigenvalue weighted by atomic mass is 9.90. The molecular formula is C83H89BBr2O2S7Si4. The van der Waals surface area contributed by atoms with Crippen molar-refractivity contribution in [3.05, 3.63) is 155 Å². The quantitative estimate of drug-likeness (QED) is 0.0793. The summed E-state index contributed by atoms with van der Waals surface area (Å²) in [7, 11) is -8.01. The highest BCUT2D eigenvalue weighted by atomic mass is 79.9. The number of rotatable bonds is 15. The molecule has 0 aliphatic carbocycles. The fourth-order valence-electron chi connectivity index (χ4n) is 13.9. The van der Waals surface area contributed by atoms with Gasteiger partial charge in [-0.25, -0.2) is 0 Å². The summed E-state index contributed by atoms with van der Waals surface area (Å²) in [4.78, 5) is 6.44. The first-order chi connectivity index (χ1) is 47.7. The van der Waals surface area contributed by atoms with Crippen LogP contribution < -0.4 is 4.78 Å². The highest BCUT2D eigenvalue weighted by molar-refractivity contribution is 9.10. The standard InChI is InChI=1S/C44H46S4Si2.C34H36Br2S2Si2.C5H7BO2S/c1-9-49(10-2,11-3)25-23-33-41-35-27-31(37-19-15-29(7)45-37)17-21-39(35)48-44(41)34(24-26-50(12-4,13-5)14-6)42-36-28-32(38-20-16-30(8)46-38)18-22-40(36)47-43(33)42;1-7-39(8-2,9-3)19-17-25-31-27-21-23(35)13-15-29(27)38-34(31)26(18-20-40(10-4,11-5)12-6)32-28-22-24(36)14-16-30(28)37-33(25)32;1-4-2-3-5(9-4)6(7)8/h15-22,27-28H,9-14H2,1-8H3;13-16,21-22H,7-12H2,1-6H3;2-3,7-8H,1H3. The SMILES string of the molecule is CC[Si](C#Cc1c2sc3ccc(-c4ccc(C)s4)cc3c2c(C#C[Si](CC)(CC)CC)c2sc3ccc(-c4ccc(C)s4)cc3c12)(CC)CC.CC[Si](C#Cc1c2sc3ccc(Br)cc3c2c(C#C[Si](CC)(CC)CC)c2sc3ccc(Br)cc3c12)(CC)CC.Cc1ccc(B(O)O)s1. The van der Waals surface area contributed by atoms with Crippen LogP contribution in [0.3, 0.4) is 0 Å². The van der Waals surface area contributed by atoms with E-state index < -0.39 is 39.4 Å². The van der Waals surface area contributed by atoms with Crippen molar-refractivity contribution < 1.29 is 10.0 Å². The van der Waals surface area contributed by atoms with E-state index in [1.54, 1.807) is 6.07 Å². The van der Waals surface area contributed by atoms with Gasteiger partial charge in [-0.2, -0.15) is 0 Å². The topological polar surface area (TPSA) is 40.5 Å². The number of thiophene rings is 7. The van der Waals surface area contributed by atoms with Gasteiger partial charge in [-0.05, 0) is 195 Å². The van der Waals surface area contributed by atoms with Gasteiger partial charge in [0, 0.05) is 100.0 Å². The van der Waals surface area contributed by atoms with Gasteiger partial charge < -0.3 is 10.0 Å². The molecule has 0 atom stereocenters. The van der Waals surface area contributed by atoms with E-state index >= 15 is 0 Å². The molecule has 6 aromatic carbocycles. The third-order valence-electron chi connectivity index (χ3n) is 21.6. The van der Waals surface area contributed by atoms with E-state index in [2.05, 4.69) is 272 Å². The zero-order valence-corrected chi connectivity index (χ0v) is 72.9. The van der Waals surface area contributed by atoms with Gasteiger partial charge in [0.25, 0.3) is 0 Å². The van der Waals surface area contributed by atoms with E-state index in [1.165, 1.54) is 217 Å². The fourth-order valence-corrected chi connectivity index (χ4v) is 31.5. The summed E-state index contributed by atoms with van der Waals surface area (Å²) in [5.41, 5.74) is 23.5. The molecular weight excluding hydrogens is 1540 g/mol. The number of hydrogen-bond donors (Lipinski definition) is 2. The van der Waals surface area contributed by atoms with Crippen molar-refractivity contribution in [2.45, 2.75) is 176 Å². The summed E-state index contributed by atoms with van der Waals surface area (Å²) >= 11 is 20.4. The van der Waals surface area contributed by atoms with Crippen LogP contribution in [0.2, 0.25) is 72.5 Å². The molecule has 0 aliphatic heterocycles. The first-order valence-corrected chi connectivity index (χ1v) is 53.2. The average Bonchev–Trinajstić information content (AvgIpc) is 1.57. The fraction of sp³-hybridized carbons (Fsp3) is 0.325. The third-order valence-corrected chi connectivity index (χ3v) is 49.3. The Morgan fingerprint density at radius 3 is 0.818 bits per heavy atom. The smallest absolute Gasteiger partial charge is 0.423 e. The molecule has 508 valence electrons. The molecule has 2 nitrogen and oxygen atoms in total. The summed E-state index contributed by atoms with van der Waals surface area (Å²) in [6.07, 6.45) is 0. The van der Waals surface area contributed by atoms with Crippen molar-refractivity contribution in [3.8, 4) is 66.7 Å². The number of aryl methyl sites for hydroxylation is 3. The predicted molar refractivity (Wildman–Crippen MR) is 471 cm³/mol. The maximum Gasteiger partial charge on any atom is 0.499 e. The zero-order chi connectivity index (χ0) is 70.7. The second kappa shape index (κ2) is 32.2. The molecule has 0 spiro atoms. The molecule has 99 heavy (non-hydrogen) atoms. The van der Waals surface area contributed by atoms with Gasteiger partial charge in [0.15, 0.2) is 0 Å². The molecule has 13 aromatic rings. The van der Waals surface area contributed by atoms with Crippen molar-refractivity contribution >= 4 is 236 Å². The highest BCUT2D eigenvalue weighted by Gasteiger charge is 2.31. The molecule has 0 aliphatic rings. The zero-order valence-electron chi connectivity index (χ0n) is 60.0. The lowest BCUT2D eigenvalue weighted by Crippen LogP contribution is -2.29. The van der Waals surface area contributed by atoms with Crippen molar-refractivity contribution in [3.63, 3.8) is 0 Å². The van der Waals surface area contributed by atoms with Crippen LogP contribution in [-0.2, 0) is 0 Å². The van der Waals surface area contributed by atoms with E-state index in [-0.39, 0.29) is 0 Å². The average molecular weight is 1630 g/mol. The predicted octanol–water partition coefficient (Wildman–Crippen LogP) is 27.8. The molecule has 7 aromatic heterocycles. The summed E-state index contributed by atoms with van der Waals surface area (Å²) in [6.45, 7) is 34.6. The normalized spacial score (nSPS) is 11.9. The summed E-state index contributed by atoms with van der Waals surface area (Å²) in [6, 6.07) is 54.7. The molecule has 0 unspecified atom stereocenters. The number of hydrogen-bond acceptors (Lipinski definition) is 9. The minimum absolute atomic E-state index is 0.604. The minimum Gasteiger partial charge on any atom is -0.423 e. The molecule has 13 rings (SSSR count). The van der Waals surface area contributed by atoms with Crippen molar-refractivity contribution in [1.29, 1.82) is 0 Å². The molecule has 0 bridgehead atoms. The van der Waals surface area contributed by atoms with Gasteiger partial charge in [-0.1, -0.05) is 157 Å². The number of benzene rings is 6. The lowest BCUT2D eigenvalue weighted by molar-refractivity contribution is 0.427. The second-order valence-electron chi connectivity index (χ2n) is 26.4. The van der Waals surface area contributed by atoms with Crippen molar-refractivity contribution in [2.75, 3.05) is 0 Å². The van der Waals surface area contributed by atoms with Crippen molar-refractivity contribution in [1.82, 2.24) is 0 Å². The van der Waals surface area contributed by atoms with E-state index in [4.69, 9.17) is 10.0 Å². The van der Waals surface area contributed by atoms with Gasteiger partial charge in [-0.3, -0.25) is 0 Å². The van der Waals surface area contributed by atoms with Crippen LogP contribution in [-0.4, -0.2) is 49.5 Å². The first kappa shape index (κ1) is 75.5. The van der Waals surface area contributed by atoms with Crippen LogP contribution in [0.1, 0.15) is 120 Å². The Bertz CT molecular complexity index is 5090. The Hall–Kier alpha value is -4.65. The van der Waals surface area contributed by atoms with Gasteiger partial charge in [-0.15, -0.1) is 102 Å². The summed E-state index contributed by atoms with van der Waals surface area (Å²) < 4.78 is 13.4. The van der Waals surface area contributed by atoms with Crippen molar-refractivity contribution in [2.24, 2.45) is 0 Å². The number of halogens is 2. The maximum absolute atomic E-state index is 8.60. The second-order valence-corrected chi connectivity index (χ2v) is 56.1. The van der Waals surface area contributed by atoms with Crippen LogP contribution in [0, 0.1) is 66.6 Å². The molecule has 0 amide bonds. The van der Waals surface area contributed by atoms with E-state index in [1.807, 2.05) is 81.0 Å². The molecule has 7 heterocycles. The highest BCUT2D eigenvalue weighted by Crippen LogP contribution is 2.51. The molecule has 0 radical (unpaired) electrons. The Morgan fingerprint density at radius 2 is 0.586 bits per heavy atom. The Labute approximate surface area is 637 Å². The van der Waals surface area contributed by atoms with E-state index in [0.29, 0.717) is 4.78 Å². The van der Waals surface area contributed by atoms with E-state index in [9.17, 15) is 0 Å². The molecule has 16 heteroatoms. The first-order valence-electron chi connectivity index (χ1n) is 35.5. The van der Waals surface area contributed by atoms with Gasteiger partial charge in [0.05, 0.1) is 41.1 Å². The summed E-state index contributed by atoms with van der Waals surface area (Å²) in [5.74, 6) is 15.8. The Balaban J connectivity index is 0.000000181. The van der Waals surface area contributed by atoms with Crippen LogP contribution >= 0.6 is 111 Å². The largest absolute Gasteiger partial charge is 0.499 e. The van der Waals surface area contributed by atoms with Crippen LogP contribution in [0.25, 0.3) is 102 Å². The minimum atomic E-state index is -1.71. The van der Waals surface area contributed by atoms with Gasteiger partial charge in [0.1, 0.15) is 32.3 Å². The third kappa shape index (κ3) is 15.2. The van der Waals surface area contributed by atoms with Gasteiger partial charge in [0.2, 0.25) is 0 Å². The molecule has 0 saturated heterocycles. The number of fused-ring (bicyclic) bond motifs is 12. The van der Waals surface area contributed by atoms with Crippen LogP contribution in [0.4, 0.5) is 0 Å². The lowest BCUT2D eigenvalue weighted by Gasteiger charge is -2.20. The van der Waals surface area contributed by atoms with Crippen LogP contribution in [0.5, 0.6) is 0 Å². The van der Waals surface area contributed by atoms with Gasteiger partial charge >= 0.3 is 7.12 Å². The van der Waals surface area contributed by atoms with Crippen LogP contribution in [0.15, 0.2) is 118 Å². The monoisotopic (exact) mass is 1620 g/mol. The maximum atomic E-state index is 8.60. The Morgan fingerprint density at radius 1 is 0.323 bits per heavy atom. The summed E-state index contributed by atoms with van der Waals surface area (Å²) in [5, 5.41) is 27.7.